The van der Waals surface area contributed by atoms with Gasteiger partial charge in [-0.25, -0.2) is 0 Å². The van der Waals surface area contributed by atoms with E-state index in [-0.39, 0.29) is 5.92 Å². The third kappa shape index (κ3) is 2.25. The van der Waals surface area contributed by atoms with Gasteiger partial charge >= 0.3 is 0 Å². The third-order valence-corrected chi connectivity index (χ3v) is 2.47. The van der Waals surface area contributed by atoms with Gasteiger partial charge < -0.3 is 5.11 Å². The van der Waals surface area contributed by atoms with Gasteiger partial charge in [-0.1, -0.05) is 60.7 Å². The van der Waals surface area contributed by atoms with Crippen molar-refractivity contribution in [2.24, 2.45) is 0 Å². The lowest BCUT2D eigenvalue weighted by Gasteiger charge is -2.14. The lowest BCUT2D eigenvalue weighted by atomic mass is 9.92. The van der Waals surface area contributed by atoms with E-state index >= 15 is 0 Å². The third-order valence-electron chi connectivity index (χ3n) is 2.47. The average molecular weight is 197 g/mol. The smallest absolute Gasteiger partial charge is 0.0917 e. The van der Waals surface area contributed by atoms with Crippen molar-refractivity contribution in [1.29, 1.82) is 0 Å². The standard InChI is InChI=1S/C14H13O/c15-11-14(12-7-3-1-4-8-12)13-9-5-2-6-10-13/h1-11,14-15H. The molecular formula is C14H13O. The van der Waals surface area contributed by atoms with Gasteiger partial charge in [-0.05, 0) is 11.1 Å². The molecule has 75 valence electrons. The molecule has 1 N–H and O–H groups in total. The summed E-state index contributed by atoms with van der Waals surface area (Å²) in [6, 6.07) is 19.9. The monoisotopic (exact) mass is 197 g/mol. The molecule has 0 aliphatic heterocycles. The van der Waals surface area contributed by atoms with Gasteiger partial charge in [0.15, 0.2) is 0 Å². The summed E-state index contributed by atoms with van der Waals surface area (Å²) >= 11 is 0. The summed E-state index contributed by atoms with van der Waals surface area (Å²) in [6.45, 7) is 1.24. The second-order valence-corrected chi connectivity index (χ2v) is 3.45. The fourth-order valence-corrected chi connectivity index (χ4v) is 1.69. The van der Waals surface area contributed by atoms with E-state index in [0.29, 0.717) is 0 Å². The van der Waals surface area contributed by atoms with Crippen molar-refractivity contribution in [2.45, 2.75) is 5.92 Å². The molecule has 15 heavy (non-hydrogen) atoms. The van der Waals surface area contributed by atoms with Gasteiger partial charge in [0.05, 0.1) is 6.61 Å². The summed E-state index contributed by atoms with van der Waals surface area (Å²) in [5.74, 6) is -0.0348. The highest BCUT2D eigenvalue weighted by atomic mass is 16.3. The Morgan fingerprint density at radius 1 is 0.733 bits per heavy atom. The van der Waals surface area contributed by atoms with Gasteiger partial charge in [-0.3, -0.25) is 0 Å². The van der Waals surface area contributed by atoms with Crippen molar-refractivity contribution in [2.75, 3.05) is 0 Å². The van der Waals surface area contributed by atoms with Gasteiger partial charge in [0.1, 0.15) is 0 Å². The van der Waals surface area contributed by atoms with Crippen LogP contribution in [-0.4, -0.2) is 5.11 Å². The summed E-state index contributed by atoms with van der Waals surface area (Å²) in [7, 11) is 0. The molecular weight excluding hydrogens is 184 g/mol. The number of hydrogen-bond acceptors (Lipinski definition) is 1. The number of hydrogen-bond donors (Lipinski definition) is 1. The van der Waals surface area contributed by atoms with Gasteiger partial charge in [0.25, 0.3) is 0 Å². The van der Waals surface area contributed by atoms with Crippen LogP contribution in [-0.2, 0) is 0 Å². The largest absolute Gasteiger partial charge is 0.389 e. The van der Waals surface area contributed by atoms with E-state index < -0.39 is 0 Å². The van der Waals surface area contributed by atoms with Crippen molar-refractivity contribution < 1.29 is 5.11 Å². The highest BCUT2D eigenvalue weighted by Gasteiger charge is 2.11. The first kappa shape index (κ1) is 9.94. The summed E-state index contributed by atoms with van der Waals surface area (Å²) in [5, 5.41) is 9.31. The van der Waals surface area contributed by atoms with E-state index in [9.17, 15) is 5.11 Å². The van der Waals surface area contributed by atoms with Crippen molar-refractivity contribution in [3.8, 4) is 0 Å². The Balaban J connectivity index is 2.34. The lowest BCUT2D eigenvalue weighted by molar-refractivity contribution is 0.368. The number of aliphatic hydroxyl groups is 1. The second-order valence-electron chi connectivity index (χ2n) is 3.45. The average Bonchev–Trinajstić information content (AvgIpc) is 2.33. The van der Waals surface area contributed by atoms with E-state index in [1.807, 2.05) is 60.7 Å². The van der Waals surface area contributed by atoms with Crippen LogP contribution in [0.3, 0.4) is 0 Å². The van der Waals surface area contributed by atoms with Crippen LogP contribution in [0.2, 0.25) is 0 Å². The van der Waals surface area contributed by atoms with E-state index in [1.54, 1.807) is 0 Å². The van der Waals surface area contributed by atoms with E-state index in [0.717, 1.165) is 11.1 Å². The first-order chi connectivity index (χ1) is 7.42. The zero-order chi connectivity index (χ0) is 10.5. The molecule has 2 rings (SSSR count). The topological polar surface area (TPSA) is 20.2 Å². The second kappa shape index (κ2) is 4.76. The number of benzene rings is 2. The Kier molecular flexibility index (Phi) is 3.15. The SMILES string of the molecule is O[CH]C(c1ccccc1)c1ccccc1. The van der Waals surface area contributed by atoms with Crippen molar-refractivity contribution in [3.05, 3.63) is 78.4 Å². The van der Waals surface area contributed by atoms with Crippen LogP contribution in [0, 0.1) is 6.61 Å². The summed E-state index contributed by atoms with van der Waals surface area (Å²) in [4.78, 5) is 0. The molecule has 0 unspecified atom stereocenters. The van der Waals surface area contributed by atoms with Crippen LogP contribution < -0.4 is 0 Å². The highest BCUT2D eigenvalue weighted by molar-refractivity contribution is 5.33. The maximum atomic E-state index is 9.31. The first-order valence-electron chi connectivity index (χ1n) is 4.99. The Bertz CT molecular complexity index is 355. The molecule has 0 aliphatic rings. The minimum Gasteiger partial charge on any atom is -0.389 e. The molecule has 0 fully saturated rings. The van der Waals surface area contributed by atoms with Crippen LogP contribution in [0.5, 0.6) is 0 Å². The lowest BCUT2D eigenvalue weighted by Crippen LogP contribution is -2.00. The molecule has 1 nitrogen and oxygen atoms in total. The summed E-state index contributed by atoms with van der Waals surface area (Å²) in [5.41, 5.74) is 2.21. The van der Waals surface area contributed by atoms with Crippen molar-refractivity contribution in [1.82, 2.24) is 0 Å². The van der Waals surface area contributed by atoms with Gasteiger partial charge in [0, 0.05) is 5.92 Å². The van der Waals surface area contributed by atoms with Gasteiger partial charge in [-0.15, -0.1) is 0 Å². The molecule has 0 spiro atoms. The summed E-state index contributed by atoms with van der Waals surface area (Å²) in [6.07, 6.45) is 0. The number of rotatable bonds is 3. The number of aliphatic hydroxyl groups excluding tert-OH is 1. The fraction of sp³-hybridized carbons (Fsp3) is 0.0714. The molecule has 2 aromatic carbocycles. The molecule has 0 bridgehead atoms. The molecule has 0 heterocycles. The molecule has 0 aromatic heterocycles. The van der Waals surface area contributed by atoms with Gasteiger partial charge in [0.2, 0.25) is 0 Å². The molecule has 0 saturated carbocycles. The van der Waals surface area contributed by atoms with Crippen LogP contribution in [0.1, 0.15) is 17.0 Å². The predicted octanol–water partition coefficient (Wildman–Crippen LogP) is 3.35. The van der Waals surface area contributed by atoms with Crippen LogP contribution in [0.15, 0.2) is 60.7 Å². The van der Waals surface area contributed by atoms with E-state index in [2.05, 4.69) is 0 Å². The zero-order valence-corrected chi connectivity index (χ0v) is 8.38. The summed E-state index contributed by atoms with van der Waals surface area (Å²) < 4.78 is 0. The Morgan fingerprint density at radius 3 is 1.47 bits per heavy atom. The molecule has 2 aromatic rings. The van der Waals surface area contributed by atoms with Crippen molar-refractivity contribution in [3.63, 3.8) is 0 Å². The minimum atomic E-state index is -0.0348. The molecule has 1 radical (unpaired) electrons. The Hall–Kier alpha value is -1.60. The normalized spacial score (nSPS) is 10.5. The maximum absolute atomic E-state index is 9.31. The van der Waals surface area contributed by atoms with Crippen LogP contribution >= 0.6 is 0 Å². The fourth-order valence-electron chi connectivity index (χ4n) is 1.69. The van der Waals surface area contributed by atoms with Crippen LogP contribution in [0.25, 0.3) is 0 Å². The maximum Gasteiger partial charge on any atom is 0.0917 e. The van der Waals surface area contributed by atoms with E-state index in [1.165, 1.54) is 6.61 Å². The Labute approximate surface area is 90.0 Å². The molecule has 0 atom stereocenters. The highest BCUT2D eigenvalue weighted by Crippen LogP contribution is 2.25. The van der Waals surface area contributed by atoms with Crippen LogP contribution in [0.4, 0.5) is 0 Å². The predicted molar refractivity (Wildman–Crippen MR) is 61.0 cm³/mol. The quantitative estimate of drug-likeness (QED) is 0.800. The molecule has 1 heteroatoms. The molecule has 0 amide bonds. The molecule has 0 aliphatic carbocycles. The molecule has 0 saturated heterocycles. The van der Waals surface area contributed by atoms with Gasteiger partial charge in [-0.2, -0.15) is 0 Å². The van der Waals surface area contributed by atoms with E-state index in [4.69, 9.17) is 0 Å². The van der Waals surface area contributed by atoms with Crippen molar-refractivity contribution >= 4 is 0 Å². The zero-order valence-electron chi connectivity index (χ0n) is 8.38. The minimum absolute atomic E-state index is 0.0348. The Morgan fingerprint density at radius 2 is 1.13 bits per heavy atom. The first-order valence-corrected chi connectivity index (χ1v) is 4.99.